The highest BCUT2D eigenvalue weighted by molar-refractivity contribution is 5.77. The van der Waals surface area contributed by atoms with Crippen LogP contribution in [-0.2, 0) is 11.2 Å². The van der Waals surface area contributed by atoms with Gasteiger partial charge in [-0.15, -0.1) is 0 Å². The minimum Gasteiger partial charge on any atom is -0.381 e. The van der Waals surface area contributed by atoms with Crippen molar-refractivity contribution in [1.82, 2.24) is 14.9 Å². The first-order valence-corrected chi connectivity index (χ1v) is 8.59. The van der Waals surface area contributed by atoms with Gasteiger partial charge in [0.05, 0.1) is 17.5 Å². The molecule has 0 spiro atoms. The van der Waals surface area contributed by atoms with Crippen LogP contribution in [0.4, 0.5) is 0 Å². The molecule has 23 heavy (non-hydrogen) atoms. The Labute approximate surface area is 135 Å². The predicted octanol–water partition coefficient (Wildman–Crippen LogP) is 1.97. The van der Waals surface area contributed by atoms with Crippen LogP contribution in [-0.4, -0.2) is 47.2 Å². The molecule has 5 nitrogen and oxygen atoms in total. The maximum absolute atomic E-state index is 12.1. The smallest absolute Gasteiger partial charge is 0.258 e. The molecule has 1 N–H and O–H groups in total. The molecule has 122 valence electrons. The number of nitrogens with zero attached hydrogens (tertiary/aromatic N) is 2. The van der Waals surface area contributed by atoms with Gasteiger partial charge in [0.25, 0.3) is 5.56 Å². The topological polar surface area (TPSA) is 58.2 Å². The predicted molar refractivity (Wildman–Crippen MR) is 89.6 cm³/mol. The second-order valence-corrected chi connectivity index (χ2v) is 6.74. The summed E-state index contributed by atoms with van der Waals surface area (Å²) in [6.07, 6.45) is 4.57. The third-order valence-electron chi connectivity index (χ3n) is 4.88. The molecule has 1 saturated heterocycles. The summed E-state index contributed by atoms with van der Waals surface area (Å²) >= 11 is 0. The summed E-state index contributed by atoms with van der Waals surface area (Å²) < 4.78 is 5.50. The highest BCUT2D eigenvalue weighted by Crippen LogP contribution is 2.29. The fourth-order valence-corrected chi connectivity index (χ4v) is 3.42. The number of fused-ring (bicyclic) bond motifs is 1. The standard InChI is InChI=1S/C18H23N3O2/c22-18-15-3-1-2-4-16(15)19-17(20-18)7-9-21(14-5-6-14)11-13-8-10-23-12-13/h1-4,13-14H,5-12H2,(H,19,20,22)/t13-/m0/s1. The molecule has 4 rings (SSSR count). The van der Waals surface area contributed by atoms with E-state index in [0.717, 1.165) is 50.1 Å². The number of aromatic amines is 1. The average Bonchev–Trinajstić information content (AvgIpc) is 3.28. The summed E-state index contributed by atoms with van der Waals surface area (Å²) in [7, 11) is 0. The Balaban J connectivity index is 1.45. The lowest BCUT2D eigenvalue weighted by Gasteiger charge is -2.24. The first-order valence-electron chi connectivity index (χ1n) is 8.59. The van der Waals surface area contributed by atoms with Gasteiger partial charge in [0, 0.05) is 32.2 Å². The van der Waals surface area contributed by atoms with Crippen molar-refractivity contribution in [2.75, 3.05) is 26.3 Å². The fraction of sp³-hybridized carbons (Fsp3) is 0.556. The van der Waals surface area contributed by atoms with Gasteiger partial charge < -0.3 is 9.72 Å². The van der Waals surface area contributed by atoms with Gasteiger partial charge in [-0.2, -0.15) is 0 Å². The van der Waals surface area contributed by atoms with Crippen molar-refractivity contribution in [3.05, 3.63) is 40.4 Å². The van der Waals surface area contributed by atoms with Gasteiger partial charge in [-0.25, -0.2) is 4.98 Å². The summed E-state index contributed by atoms with van der Waals surface area (Å²) in [5.74, 6) is 1.46. The lowest BCUT2D eigenvalue weighted by molar-refractivity contribution is 0.164. The lowest BCUT2D eigenvalue weighted by atomic mass is 10.1. The Morgan fingerprint density at radius 3 is 2.91 bits per heavy atom. The minimum atomic E-state index is -0.0345. The van der Waals surface area contributed by atoms with E-state index in [1.807, 2.05) is 24.3 Å². The van der Waals surface area contributed by atoms with Crippen molar-refractivity contribution in [3.63, 3.8) is 0 Å². The number of hydrogen-bond acceptors (Lipinski definition) is 4. The minimum absolute atomic E-state index is 0.0345. The molecule has 1 aliphatic heterocycles. The molecule has 1 aromatic carbocycles. The van der Waals surface area contributed by atoms with E-state index >= 15 is 0 Å². The maximum Gasteiger partial charge on any atom is 0.258 e. The van der Waals surface area contributed by atoms with Crippen molar-refractivity contribution in [1.29, 1.82) is 0 Å². The monoisotopic (exact) mass is 313 g/mol. The van der Waals surface area contributed by atoms with Gasteiger partial charge >= 0.3 is 0 Å². The quantitative estimate of drug-likeness (QED) is 0.886. The molecule has 0 amide bonds. The molecule has 1 saturated carbocycles. The Morgan fingerprint density at radius 2 is 2.13 bits per heavy atom. The molecule has 0 unspecified atom stereocenters. The summed E-state index contributed by atoms with van der Waals surface area (Å²) in [5, 5.41) is 0.665. The van der Waals surface area contributed by atoms with Crippen LogP contribution < -0.4 is 5.56 Å². The van der Waals surface area contributed by atoms with E-state index in [4.69, 9.17) is 4.74 Å². The first kappa shape index (κ1) is 14.8. The molecule has 1 aliphatic carbocycles. The van der Waals surface area contributed by atoms with Crippen molar-refractivity contribution in [2.24, 2.45) is 5.92 Å². The van der Waals surface area contributed by atoms with Crippen molar-refractivity contribution in [3.8, 4) is 0 Å². The van der Waals surface area contributed by atoms with Gasteiger partial charge in [0.1, 0.15) is 5.82 Å². The van der Waals surface area contributed by atoms with Crippen molar-refractivity contribution in [2.45, 2.75) is 31.7 Å². The van der Waals surface area contributed by atoms with E-state index < -0.39 is 0 Å². The third-order valence-corrected chi connectivity index (χ3v) is 4.88. The highest BCUT2D eigenvalue weighted by Gasteiger charge is 2.31. The third kappa shape index (κ3) is 3.46. The molecule has 1 aromatic heterocycles. The van der Waals surface area contributed by atoms with Gasteiger partial charge in [-0.1, -0.05) is 12.1 Å². The summed E-state index contributed by atoms with van der Waals surface area (Å²) in [4.78, 5) is 22.3. The fourth-order valence-electron chi connectivity index (χ4n) is 3.42. The van der Waals surface area contributed by atoms with Crippen LogP contribution in [0.5, 0.6) is 0 Å². The molecule has 1 atom stereocenters. The van der Waals surface area contributed by atoms with Gasteiger partial charge in [-0.05, 0) is 37.3 Å². The largest absolute Gasteiger partial charge is 0.381 e. The van der Waals surface area contributed by atoms with E-state index in [-0.39, 0.29) is 5.56 Å². The number of hydrogen-bond donors (Lipinski definition) is 1. The number of para-hydroxylation sites is 1. The number of H-pyrrole nitrogens is 1. The van der Waals surface area contributed by atoms with Crippen LogP contribution in [0.3, 0.4) is 0 Å². The van der Waals surface area contributed by atoms with Crippen LogP contribution in [0.15, 0.2) is 29.1 Å². The highest BCUT2D eigenvalue weighted by atomic mass is 16.5. The zero-order valence-electron chi connectivity index (χ0n) is 13.3. The zero-order valence-corrected chi connectivity index (χ0v) is 13.3. The molecule has 2 aliphatic rings. The lowest BCUT2D eigenvalue weighted by Crippen LogP contribution is -2.34. The van der Waals surface area contributed by atoms with E-state index in [0.29, 0.717) is 11.3 Å². The molecule has 2 fully saturated rings. The van der Waals surface area contributed by atoms with Crippen LogP contribution in [0.1, 0.15) is 25.1 Å². The molecule has 5 heteroatoms. The van der Waals surface area contributed by atoms with E-state index in [2.05, 4.69) is 14.9 Å². The number of nitrogens with one attached hydrogen (secondary N) is 1. The summed E-state index contributed by atoms with van der Waals surface area (Å²) in [6.45, 7) is 3.88. The number of ether oxygens (including phenoxy) is 1. The zero-order chi connectivity index (χ0) is 15.6. The van der Waals surface area contributed by atoms with E-state index in [9.17, 15) is 4.79 Å². The number of benzene rings is 1. The van der Waals surface area contributed by atoms with Gasteiger partial charge in [0.2, 0.25) is 0 Å². The first-order chi connectivity index (χ1) is 11.3. The van der Waals surface area contributed by atoms with Gasteiger partial charge in [-0.3, -0.25) is 9.69 Å². The van der Waals surface area contributed by atoms with Gasteiger partial charge in [0.15, 0.2) is 0 Å². The van der Waals surface area contributed by atoms with Crippen molar-refractivity contribution < 1.29 is 4.74 Å². The Kier molecular flexibility index (Phi) is 4.14. The molecular formula is C18H23N3O2. The molecule has 0 bridgehead atoms. The normalized spacial score (nSPS) is 21.3. The number of rotatable bonds is 6. The second-order valence-electron chi connectivity index (χ2n) is 6.74. The second kappa shape index (κ2) is 6.42. The molecule has 0 radical (unpaired) electrons. The Bertz CT molecular complexity index is 732. The molecular weight excluding hydrogens is 290 g/mol. The van der Waals surface area contributed by atoms with Crippen LogP contribution in [0.2, 0.25) is 0 Å². The molecule has 2 heterocycles. The molecule has 2 aromatic rings. The van der Waals surface area contributed by atoms with E-state index in [1.54, 1.807) is 0 Å². The Morgan fingerprint density at radius 1 is 1.26 bits per heavy atom. The van der Waals surface area contributed by atoms with Crippen molar-refractivity contribution >= 4 is 10.9 Å². The van der Waals surface area contributed by atoms with E-state index in [1.165, 1.54) is 19.3 Å². The SMILES string of the molecule is O=c1[nH]c(CCN(C[C@@H]2CCOC2)C2CC2)nc2ccccc12. The average molecular weight is 313 g/mol. The van der Waals surface area contributed by atoms with Crippen LogP contribution in [0, 0.1) is 5.92 Å². The van der Waals surface area contributed by atoms with Crippen LogP contribution >= 0.6 is 0 Å². The Hall–Kier alpha value is -1.72. The maximum atomic E-state index is 12.1. The van der Waals surface area contributed by atoms with Crippen LogP contribution in [0.25, 0.3) is 10.9 Å². The summed E-state index contributed by atoms with van der Waals surface area (Å²) in [5.41, 5.74) is 0.751. The number of aromatic nitrogens is 2. The summed E-state index contributed by atoms with van der Waals surface area (Å²) in [6, 6.07) is 8.25.